The van der Waals surface area contributed by atoms with Gasteiger partial charge in [-0.1, -0.05) is 19.0 Å². The van der Waals surface area contributed by atoms with Crippen LogP contribution in [0.2, 0.25) is 0 Å². The number of amides is 1. The molecule has 1 unspecified atom stereocenters. The number of rotatable bonds is 5. The summed E-state index contributed by atoms with van der Waals surface area (Å²) in [6.45, 7) is 11.0. The number of piperidine rings is 2. The van der Waals surface area contributed by atoms with Crippen LogP contribution in [-0.4, -0.2) is 52.0 Å². The lowest BCUT2D eigenvalue weighted by atomic mass is 9.73. The standard InChI is InChI=1S/C18H30N4O2/c1-14(2)6-10-22-13-18(8-5-17(22)23)7-4-9-21(12-18)11-16-19-15(3)24-20-16/h14H,4-13H2,1-3H3. The maximum absolute atomic E-state index is 12.3. The Morgan fingerprint density at radius 3 is 2.83 bits per heavy atom. The molecule has 1 spiro atoms. The highest BCUT2D eigenvalue weighted by molar-refractivity contribution is 5.77. The summed E-state index contributed by atoms with van der Waals surface area (Å²) in [7, 11) is 0. The number of hydrogen-bond donors (Lipinski definition) is 0. The van der Waals surface area contributed by atoms with Crippen molar-refractivity contribution in [2.45, 2.75) is 59.4 Å². The summed E-state index contributed by atoms with van der Waals surface area (Å²) in [5.41, 5.74) is 0.252. The molecule has 0 radical (unpaired) electrons. The normalized spacial score (nSPS) is 25.8. The molecule has 1 atom stereocenters. The van der Waals surface area contributed by atoms with E-state index in [2.05, 4.69) is 33.8 Å². The fraction of sp³-hybridized carbons (Fsp3) is 0.833. The highest BCUT2D eigenvalue weighted by Gasteiger charge is 2.41. The first-order valence-corrected chi connectivity index (χ1v) is 9.25. The zero-order chi connectivity index (χ0) is 17.2. The van der Waals surface area contributed by atoms with Gasteiger partial charge in [-0.05, 0) is 38.1 Å². The van der Waals surface area contributed by atoms with Crippen molar-refractivity contribution < 1.29 is 9.32 Å². The Morgan fingerprint density at radius 2 is 2.12 bits per heavy atom. The van der Waals surface area contributed by atoms with Crippen LogP contribution in [0.25, 0.3) is 0 Å². The Kier molecular flexibility index (Phi) is 5.23. The monoisotopic (exact) mass is 334 g/mol. The van der Waals surface area contributed by atoms with E-state index in [1.165, 1.54) is 12.8 Å². The summed E-state index contributed by atoms with van der Waals surface area (Å²) in [4.78, 5) is 21.2. The van der Waals surface area contributed by atoms with E-state index in [0.717, 1.165) is 51.4 Å². The summed E-state index contributed by atoms with van der Waals surface area (Å²) >= 11 is 0. The number of likely N-dealkylation sites (tertiary alicyclic amines) is 2. The Balaban J connectivity index is 1.62. The first kappa shape index (κ1) is 17.4. The zero-order valence-corrected chi connectivity index (χ0v) is 15.3. The minimum absolute atomic E-state index is 0.252. The molecule has 0 aliphatic carbocycles. The van der Waals surface area contributed by atoms with Gasteiger partial charge in [0.15, 0.2) is 5.82 Å². The Labute approximate surface area is 144 Å². The van der Waals surface area contributed by atoms with Crippen molar-refractivity contribution >= 4 is 5.91 Å². The number of carbonyl (C=O) groups excluding carboxylic acids is 1. The average Bonchev–Trinajstić information content (AvgIpc) is 2.94. The molecule has 1 aromatic rings. The van der Waals surface area contributed by atoms with E-state index in [4.69, 9.17) is 4.52 Å². The molecule has 0 bridgehead atoms. The van der Waals surface area contributed by atoms with Gasteiger partial charge in [0.25, 0.3) is 0 Å². The molecule has 3 rings (SSSR count). The molecule has 1 aromatic heterocycles. The third-order valence-electron chi connectivity index (χ3n) is 5.40. The summed E-state index contributed by atoms with van der Waals surface area (Å²) in [6.07, 6.45) is 5.22. The van der Waals surface area contributed by atoms with E-state index in [1.807, 2.05) is 6.92 Å². The highest BCUT2D eigenvalue weighted by atomic mass is 16.5. The Hall–Kier alpha value is -1.43. The second-order valence-corrected chi connectivity index (χ2v) is 8.04. The second kappa shape index (κ2) is 7.21. The maximum atomic E-state index is 12.3. The number of nitrogens with zero attached hydrogens (tertiary/aromatic N) is 4. The molecule has 0 saturated carbocycles. The molecular weight excluding hydrogens is 304 g/mol. The fourth-order valence-corrected chi connectivity index (χ4v) is 4.10. The molecule has 6 heteroatoms. The van der Waals surface area contributed by atoms with Crippen molar-refractivity contribution in [1.29, 1.82) is 0 Å². The molecule has 2 saturated heterocycles. The molecule has 2 aliphatic heterocycles. The third-order valence-corrected chi connectivity index (χ3v) is 5.40. The minimum atomic E-state index is 0.252. The van der Waals surface area contributed by atoms with Gasteiger partial charge in [-0.15, -0.1) is 0 Å². The van der Waals surface area contributed by atoms with Gasteiger partial charge in [0.2, 0.25) is 11.8 Å². The van der Waals surface area contributed by atoms with E-state index >= 15 is 0 Å². The smallest absolute Gasteiger partial charge is 0.223 e. The molecule has 134 valence electrons. The van der Waals surface area contributed by atoms with Crippen molar-refractivity contribution in [2.75, 3.05) is 26.2 Å². The number of aryl methyl sites for hydroxylation is 1. The lowest BCUT2D eigenvalue weighted by Crippen LogP contribution is -2.54. The van der Waals surface area contributed by atoms with E-state index < -0.39 is 0 Å². The van der Waals surface area contributed by atoms with Gasteiger partial charge in [0.05, 0.1) is 6.54 Å². The summed E-state index contributed by atoms with van der Waals surface area (Å²) < 4.78 is 5.09. The lowest BCUT2D eigenvalue weighted by molar-refractivity contribution is -0.139. The fourth-order valence-electron chi connectivity index (χ4n) is 4.10. The van der Waals surface area contributed by atoms with Gasteiger partial charge < -0.3 is 9.42 Å². The summed E-state index contributed by atoms with van der Waals surface area (Å²) in [5, 5.41) is 4.03. The number of carbonyl (C=O) groups is 1. The van der Waals surface area contributed by atoms with Crippen LogP contribution >= 0.6 is 0 Å². The first-order valence-electron chi connectivity index (χ1n) is 9.25. The molecule has 0 N–H and O–H groups in total. The van der Waals surface area contributed by atoms with Crippen LogP contribution in [0, 0.1) is 18.3 Å². The molecule has 2 fully saturated rings. The molecule has 3 heterocycles. The molecule has 2 aliphatic rings. The Morgan fingerprint density at radius 1 is 1.29 bits per heavy atom. The molecule has 6 nitrogen and oxygen atoms in total. The highest BCUT2D eigenvalue weighted by Crippen LogP contribution is 2.39. The van der Waals surface area contributed by atoms with E-state index in [-0.39, 0.29) is 5.41 Å². The van der Waals surface area contributed by atoms with Crippen LogP contribution in [-0.2, 0) is 11.3 Å². The van der Waals surface area contributed by atoms with E-state index in [9.17, 15) is 4.79 Å². The van der Waals surface area contributed by atoms with Gasteiger partial charge in [0.1, 0.15) is 0 Å². The number of aromatic nitrogens is 2. The average molecular weight is 334 g/mol. The van der Waals surface area contributed by atoms with Crippen LogP contribution in [0.15, 0.2) is 4.52 Å². The van der Waals surface area contributed by atoms with Crippen molar-refractivity contribution in [1.82, 2.24) is 19.9 Å². The van der Waals surface area contributed by atoms with Gasteiger partial charge in [-0.3, -0.25) is 9.69 Å². The van der Waals surface area contributed by atoms with Crippen LogP contribution in [0.3, 0.4) is 0 Å². The lowest BCUT2D eigenvalue weighted by Gasteiger charge is -2.48. The first-order chi connectivity index (χ1) is 11.5. The van der Waals surface area contributed by atoms with Crippen LogP contribution in [0.1, 0.15) is 57.7 Å². The second-order valence-electron chi connectivity index (χ2n) is 8.04. The third kappa shape index (κ3) is 4.15. The van der Waals surface area contributed by atoms with Gasteiger partial charge >= 0.3 is 0 Å². The predicted octanol–water partition coefficient (Wildman–Crippen LogP) is 2.63. The topological polar surface area (TPSA) is 62.5 Å². The van der Waals surface area contributed by atoms with Crippen LogP contribution < -0.4 is 0 Å². The molecule has 24 heavy (non-hydrogen) atoms. The van der Waals surface area contributed by atoms with E-state index in [0.29, 0.717) is 24.1 Å². The predicted molar refractivity (Wildman–Crippen MR) is 91.2 cm³/mol. The summed E-state index contributed by atoms with van der Waals surface area (Å²) in [6, 6.07) is 0. The van der Waals surface area contributed by atoms with Gasteiger partial charge in [-0.25, -0.2) is 0 Å². The summed E-state index contributed by atoms with van der Waals surface area (Å²) in [5.74, 6) is 2.38. The molecule has 0 aromatic carbocycles. The van der Waals surface area contributed by atoms with Crippen molar-refractivity contribution in [3.8, 4) is 0 Å². The van der Waals surface area contributed by atoms with Crippen molar-refractivity contribution in [3.63, 3.8) is 0 Å². The SMILES string of the molecule is Cc1nc(CN2CCCC3(CCC(=O)N(CCC(C)C)C3)C2)no1. The van der Waals surface area contributed by atoms with E-state index in [1.54, 1.807) is 0 Å². The van der Waals surface area contributed by atoms with Crippen molar-refractivity contribution in [3.05, 3.63) is 11.7 Å². The van der Waals surface area contributed by atoms with Gasteiger partial charge in [0, 0.05) is 38.4 Å². The molecular formula is C18H30N4O2. The number of hydrogen-bond acceptors (Lipinski definition) is 5. The van der Waals surface area contributed by atoms with Crippen molar-refractivity contribution in [2.24, 2.45) is 11.3 Å². The Bertz CT molecular complexity index is 571. The zero-order valence-electron chi connectivity index (χ0n) is 15.3. The quantitative estimate of drug-likeness (QED) is 0.828. The minimum Gasteiger partial charge on any atom is -0.342 e. The van der Waals surface area contributed by atoms with Crippen LogP contribution in [0.4, 0.5) is 0 Å². The van der Waals surface area contributed by atoms with Crippen LogP contribution in [0.5, 0.6) is 0 Å². The van der Waals surface area contributed by atoms with Gasteiger partial charge in [-0.2, -0.15) is 4.98 Å². The largest absolute Gasteiger partial charge is 0.342 e. The maximum Gasteiger partial charge on any atom is 0.223 e. The molecule has 1 amide bonds.